The largest absolute Gasteiger partial charge is 0.318 e. The molecular formula is C16H36N2. The molecule has 0 fully saturated rings. The van der Waals surface area contributed by atoms with Crippen LogP contribution in [-0.4, -0.2) is 38.6 Å². The third-order valence-corrected chi connectivity index (χ3v) is 3.64. The zero-order chi connectivity index (χ0) is 13.5. The molecule has 0 radical (unpaired) electrons. The number of rotatable bonds is 14. The van der Waals surface area contributed by atoms with E-state index in [-0.39, 0.29) is 0 Å². The summed E-state index contributed by atoms with van der Waals surface area (Å²) in [6.45, 7) is 5.83. The third-order valence-electron chi connectivity index (χ3n) is 3.64. The summed E-state index contributed by atoms with van der Waals surface area (Å²) in [7, 11) is 4.25. The van der Waals surface area contributed by atoms with Gasteiger partial charge in [-0.1, -0.05) is 64.7 Å². The lowest BCUT2D eigenvalue weighted by atomic mass is 10.1. The van der Waals surface area contributed by atoms with Crippen LogP contribution in [0.1, 0.15) is 71.1 Å². The van der Waals surface area contributed by atoms with E-state index in [1.165, 1.54) is 77.3 Å². The van der Waals surface area contributed by atoms with Crippen molar-refractivity contribution >= 4 is 0 Å². The Kier molecular flexibility index (Phi) is 14.9. The lowest BCUT2D eigenvalue weighted by Crippen LogP contribution is -2.28. The molecule has 0 saturated heterocycles. The molecule has 0 aliphatic rings. The van der Waals surface area contributed by atoms with Crippen LogP contribution >= 0.6 is 0 Å². The van der Waals surface area contributed by atoms with Gasteiger partial charge >= 0.3 is 0 Å². The van der Waals surface area contributed by atoms with Gasteiger partial charge in [-0.15, -0.1) is 0 Å². The average Bonchev–Trinajstić information content (AvgIpc) is 2.38. The highest BCUT2D eigenvalue weighted by molar-refractivity contribution is 4.54. The van der Waals surface area contributed by atoms with E-state index in [1.54, 1.807) is 0 Å². The standard InChI is InChI=1S/C16H36N2/c1-4-5-6-7-8-9-10-11-12-13-15-18(3)16-14-17-2/h17H,4-16H2,1-3H3. The zero-order valence-corrected chi connectivity index (χ0v) is 13.1. The molecule has 0 aliphatic carbocycles. The number of nitrogens with one attached hydrogen (secondary N) is 1. The molecule has 18 heavy (non-hydrogen) atoms. The quantitative estimate of drug-likeness (QED) is 0.472. The number of unbranched alkanes of at least 4 members (excludes halogenated alkanes) is 9. The average molecular weight is 256 g/mol. The fraction of sp³-hybridized carbons (Fsp3) is 1.00. The van der Waals surface area contributed by atoms with Gasteiger partial charge < -0.3 is 10.2 Å². The predicted octanol–water partition coefficient (Wildman–Crippen LogP) is 4.06. The predicted molar refractivity (Wildman–Crippen MR) is 83.3 cm³/mol. The van der Waals surface area contributed by atoms with Crippen molar-refractivity contribution in [2.75, 3.05) is 33.7 Å². The van der Waals surface area contributed by atoms with Crippen LogP contribution in [0.3, 0.4) is 0 Å². The SMILES string of the molecule is CCCCCCCCCCCCN(C)CCNC. The fourth-order valence-electron chi connectivity index (χ4n) is 2.28. The smallest absolute Gasteiger partial charge is 0.0104 e. The Balaban J connectivity index is 3.02. The number of nitrogens with zero attached hydrogens (tertiary/aromatic N) is 1. The van der Waals surface area contributed by atoms with Crippen LogP contribution in [0.25, 0.3) is 0 Å². The minimum absolute atomic E-state index is 1.11. The first-order valence-electron chi connectivity index (χ1n) is 8.14. The summed E-state index contributed by atoms with van der Waals surface area (Å²) in [5.74, 6) is 0. The summed E-state index contributed by atoms with van der Waals surface area (Å²) in [6, 6.07) is 0. The molecule has 0 aromatic carbocycles. The van der Waals surface area contributed by atoms with Crippen LogP contribution < -0.4 is 5.32 Å². The molecule has 0 aromatic rings. The van der Waals surface area contributed by atoms with Crippen molar-refractivity contribution in [2.45, 2.75) is 71.1 Å². The molecule has 0 amide bonds. The molecule has 0 atom stereocenters. The van der Waals surface area contributed by atoms with E-state index in [1.807, 2.05) is 7.05 Å². The highest BCUT2D eigenvalue weighted by atomic mass is 15.1. The summed E-state index contributed by atoms with van der Waals surface area (Å²) in [6.07, 6.45) is 14.3. The van der Waals surface area contributed by atoms with Gasteiger partial charge in [0.1, 0.15) is 0 Å². The molecule has 2 nitrogen and oxygen atoms in total. The fourth-order valence-corrected chi connectivity index (χ4v) is 2.28. The van der Waals surface area contributed by atoms with E-state index in [0.29, 0.717) is 0 Å². The van der Waals surface area contributed by atoms with Crippen LogP contribution in [0.5, 0.6) is 0 Å². The van der Waals surface area contributed by atoms with Gasteiger partial charge in [-0.3, -0.25) is 0 Å². The van der Waals surface area contributed by atoms with Crippen molar-refractivity contribution in [3.63, 3.8) is 0 Å². The molecule has 0 bridgehead atoms. The van der Waals surface area contributed by atoms with Gasteiger partial charge in [0, 0.05) is 13.1 Å². The van der Waals surface area contributed by atoms with Gasteiger partial charge in [-0.05, 0) is 27.1 Å². The minimum Gasteiger partial charge on any atom is -0.318 e. The molecule has 1 N–H and O–H groups in total. The zero-order valence-electron chi connectivity index (χ0n) is 13.1. The van der Waals surface area contributed by atoms with Crippen molar-refractivity contribution in [3.05, 3.63) is 0 Å². The van der Waals surface area contributed by atoms with E-state index < -0.39 is 0 Å². The first kappa shape index (κ1) is 17.9. The molecule has 0 aliphatic heterocycles. The molecule has 0 heterocycles. The van der Waals surface area contributed by atoms with Crippen molar-refractivity contribution in [3.8, 4) is 0 Å². The molecule has 110 valence electrons. The summed E-state index contributed by atoms with van der Waals surface area (Å²) in [5, 5.41) is 3.20. The number of hydrogen-bond donors (Lipinski definition) is 1. The second kappa shape index (κ2) is 15.0. The molecule has 2 heteroatoms. The van der Waals surface area contributed by atoms with E-state index in [0.717, 1.165) is 6.54 Å². The normalized spacial score (nSPS) is 11.3. The van der Waals surface area contributed by atoms with Crippen LogP contribution in [0.2, 0.25) is 0 Å². The van der Waals surface area contributed by atoms with E-state index in [2.05, 4.69) is 24.2 Å². The molecule has 0 unspecified atom stereocenters. The first-order valence-corrected chi connectivity index (χ1v) is 8.14. The monoisotopic (exact) mass is 256 g/mol. The summed E-state index contributed by atoms with van der Waals surface area (Å²) < 4.78 is 0. The van der Waals surface area contributed by atoms with E-state index in [9.17, 15) is 0 Å². The second-order valence-electron chi connectivity index (χ2n) is 5.59. The molecular weight excluding hydrogens is 220 g/mol. The highest BCUT2D eigenvalue weighted by Crippen LogP contribution is 2.10. The highest BCUT2D eigenvalue weighted by Gasteiger charge is 1.97. The minimum atomic E-state index is 1.11. The van der Waals surface area contributed by atoms with Crippen LogP contribution in [-0.2, 0) is 0 Å². The second-order valence-corrected chi connectivity index (χ2v) is 5.59. The molecule has 0 saturated carbocycles. The molecule has 0 rings (SSSR count). The Morgan fingerprint density at radius 1 is 0.722 bits per heavy atom. The van der Waals surface area contributed by atoms with Crippen LogP contribution in [0.4, 0.5) is 0 Å². The van der Waals surface area contributed by atoms with Gasteiger partial charge in [0.15, 0.2) is 0 Å². The van der Waals surface area contributed by atoms with Gasteiger partial charge in [0.25, 0.3) is 0 Å². The summed E-state index contributed by atoms with van der Waals surface area (Å²) >= 11 is 0. The Hall–Kier alpha value is -0.0800. The molecule has 0 aromatic heterocycles. The maximum Gasteiger partial charge on any atom is 0.0104 e. The Bertz CT molecular complexity index is 148. The lowest BCUT2D eigenvalue weighted by molar-refractivity contribution is 0.325. The summed E-state index contributed by atoms with van der Waals surface area (Å²) in [4.78, 5) is 2.43. The summed E-state index contributed by atoms with van der Waals surface area (Å²) in [5.41, 5.74) is 0. The topological polar surface area (TPSA) is 15.3 Å². The Labute approximate surface area is 116 Å². The van der Waals surface area contributed by atoms with Crippen molar-refractivity contribution in [1.82, 2.24) is 10.2 Å². The van der Waals surface area contributed by atoms with Crippen molar-refractivity contribution < 1.29 is 0 Å². The van der Waals surface area contributed by atoms with E-state index in [4.69, 9.17) is 0 Å². The Morgan fingerprint density at radius 2 is 1.22 bits per heavy atom. The Morgan fingerprint density at radius 3 is 1.72 bits per heavy atom. The maximum absolute atomic E-state index is 3.20. The first-order chi connectivity index (χ1) is 8.81. The van der Waals surface area contributed by atoms with Gasteiger partial charge in [-0.2, -0.15) is 0 Å². The van der Waals surface area contributed by atoms with Crippen LogP contribution in [0, 0.1) is 0 Å². The number of likely N-dealkylation sites (N-methyl/N-ethyl adjacent to an activating group) is 2. The maximum atomic E-state index is 3.20. The van der Waals surface area contributed by atoms with Gasteiger partial charge in [0.2, 0.25) is 0 Å². The van der Waals surface area contributed by atoms with Crippen molar-refractivity contribution in [2.24, 2.45) is 0 Å². The molecule has 0 spiro atoms. The number of hydrogen-bond acceptors (Lipinski definition) is 2. The van der Waals surface area contributed by atoms with E-state index >= 15 is 0 Å². The van der Waals surface area contributed by atoms with Crippen LogP contribution in [0.15, 0.2) is 0 Å². The van der Waals surface area contributed by atoms with Gasteiger partial charge in [-0.25, -0.2) is 0 Å². The lowest BCUT2D eigenvalue weighted by Gasteiger charge is -2.15. The van der Waals surface area contributed by atoms with Crippen molar-refractivity contribution in [1.29, 1.82) is 0 Å². The third kappa shape index (κ3) is 14.0. The van der Waals surface area contributed by atoms with Gasteiger partial charge in [0.05, 0.1) is 0 Å².